The van der Waals surface area contributed by atoms with Crippen molar-refractivity contribution in [2.24, 2.45) is 0 Å². The van der Waals surface area contributed by atoms with Crippen molar-refractivity contribution in [3.05, 3.63) is 58.3 Å². The first kappa shape index (κ1) is 20.5. The first-order chi connectivity index (χ1) is 14.6. The van der Waals surface area contributed by atoms with Gasteiger partial charge in [-0.1, -0.05) is 17.7 Å². The quantitative estimate of drug-likeness (QED) is 0.610. The van der Waals surface area contributed by atoms with Crippen LogP contribution in [0.1, 0.15) is 22.5 Å². The van der Waals surface area contributed by atoms with Crippen molar-refractivity contribution in [1.82, 2.24) is 25.0 Å². The summed E-state index contributed by atoms with van der Waals surface area (Å²) in [5.74, 6) is -0.150. The van der Waals surface area contributed by atoms with Crippen molar-refractivity contribution in [3.63, 3.8) is 0 Å². The highest BCUT2D eigenvalue weighted by Crippen LogP contribution is 2.24. The number of nitrogens with one attached hydrogen (secondary N) is 2. The van der Waals surface area contributed by atoms with E-state index < -0.39 is 0 Å². The Labute approximate surface area is 182 Å². The van der Waals surface area contributed by atoms with Gasteiger partial charge < -0.3 is 10.6 Å². The molecule has 3 aromatic rings. The van der Waals surface area contributed by atoms with Crippen LogP contribution in [0.15, 0.2) is 48.4 Å². The fraction of sp³-hybridized carbons (Fsp3) is 0.300. The molecule has 2 N–H and O–H groups in total. The summed E-state index contributed by atoms with van der Waals surface area (Å²) < 4.78 is 1.58. The lowest BCUT2D eigenvalue weighted by Gasteiger charge is -2.31. The zero-order chi connectivity index (χ0) is 20.9. The molecule has 0 atom stereocenters. The maximum Gasteiger partial charge on any atom is 0.261 e. The number of rotatable bonds is 6. The van der Waals surface area contributed by atoms with Gasteiger partial charge in [-0.3, -0.25) is 14.5 Å². The topological polar surface area (TPSA) is 92.2 Å². The summed E-state index contributed by atoms with van der Waals surface area (Å²) in [7, 11) is 0. The van der Waals surface area contributed by atoms with E-state index in [-0.39, 0.29) is 24.4 Å². The van der Waals surface area contributed by atoms with Crippen LogP contribution in [0.25, 0.3) is 5.69 Å². The van der Waals surface area contributed by atoms with E-state index in [0.717, 1.165) is 30.8 Å². The van der Waals surface area contributed by atoms with Gasteiger partial charge >= 0.3 is 0 Å². The maximum absolute atomic E-state index is 12.6. The molecule has 0 unspecified atom stereocenters. The minimum absolute atomic E-state index is 0.0252. The molecular weight excluding hydrogens is 424 g/mol. The van der Waals surface area contributed by atoms with Crippen LogP contribution in [0.4, 0.5) is 5.69 Å². The van der Waals surface area contributed by atoms with Gasteiger partial charge in [-0.15, -0.1) is 11.3 Å². The monoisotopic (exact) mass is 444 g/mol. The van der Waals surface area contributed by atoms with E-state index >= 15 is 0 Å². The fourth-order valence-electron chi connectivity index (χ4n) is 3.43. The molecule has 4 rings (SSSR count). The Kier molecular flexibility index (Phi) is 6.41. The largest absolute Gasteiger partial charge is 0.349 e. The molecule has 3 heterocycles. The van der Waals surface area contributed by atoms with Gasteiger partial charge in [0.1, 0.15) is 12.7 Å². The number of carbonyl (C=O) groups is 2. The molecule has 1 aromatic carbocycles. The third kappa shape index (κ3) is 5.05. The molecule has 156 valence electrons. The number of anilines is 1. The van der Waals surface area contributed by atoms with E-state index in [2.05, 4.69) is 25.6 Å². The van der Waals surface area contributed by atoms with Gasteiger partial charge in [-0.05, 0) is 42.5 Å². The van der Waals surface area contributed by atoms with Crippen LogP contribution in [0.5, 0.6) is 0 Å². The number of thiophene rings is 1. The van der Waals surface area contributed by atoms with Gasteiger partial charge in [0.15, 0.2) is 0 Å². The van der Waals surface area contributed by atoms with Crippen molar-refractivity contribution in [2.45, 2.75) is 18.9 Å². The second-order valence-corrected chi connectivity index (χ2v) is 8.44. The van der Waals surface area contributed by atoms with Gasteiger partial charge in [-0.2, -0.15) is 5.10 Å². The lowest BCUT2D eigenvalue weighted by molar-refractivity contribution is -0.117. The van der Waals surface area contributed by atoms with Gasteiger partial charge in [0, 0.05) is 24.2 Å². The van der Waals surface area contributed by atoms with Gasteiger partial charge in [0.05, 0.1) is 22.8 Å². The predicted molar refractivity (Wildman–Crippen MR) is 116 cm³/mol. The van der Waals surface area contributed by atoms with E-state index in [1.165, 1.54) is 17.7 Å². The number of carbonyl (C=O) groups excluding carboxylic acids is 2. The molecule has 1 aliphatic heterocycles. The second-order valence-electron chi connectivity index (χ2n) is 7.05. The number of benzene rings is 1. The van der Waals surface area contributed by atoms with Gasteiger partial charge in [0.2, 0.25) is 5.91 Å². The number of piperidine rings is 1. The Morgan fingerprint density at radius 2 is 2.07 bits per heavy atom. The number of hydrogen-bond acceptors (Lipinski definition) is 6. The number of likely N-dealkylation sites (tertiary alicyclic amines) is 1. The Bertz CT molecular complexity index is 1000. The summed E-state index contributed by atoms with van der Waals surface area (Å²) >= 11 is 7.54. The summed E-state index contributed by atoms with van der Waals surface area (Å²) in [6, 6.07) is 9.05. The SMILES string of the molecule is O=C(CN1CCC(NC(=O)c2cccs2)CC1)Nc1cc(Cl)ccc1-n1cncn1. The molecule has 0 spiro atoms. The highest BCUT2D eigenvalue weighted by atomic mass is 35.5. The molecule has 0 bridgehead atoms. The van der Waals surface area contributed by atoms with E-state index in [0.29, 0.717) is 16.4 Å². The molecular formula is C20H21ClN6O2S. The molecule has 1 saturated heterocycles. The molecule has 2 aromatic heterocycles. The summed E-state index contributed by atoms with van der Waals surface area (Å²) in [4.78, 5) is 31.6. The van der Waals surface area contributed by atoms with Crippen molar-refractivity contribution >= 4 is 40.4 Å². The highest BCUT2D eigenvalue weighted by Gasteiger charge is 2.23. The average molecular weight is 445 g/mol. The highest BCUT2D eigenvalue weighted by molar-refractivity contribution is 7.12. The van der Waals surface area contributed by atoms with E-state index in [9.17, 15) is 9.59 Å². The third-order valence-corrected chi connectivity index (χ3v) is 6.04. The average Bonchev–Trinajstić information content (AvgIpc) is 3.44. The molecule has 10 heteroatoms. The minimum atomic E-state index is -0.125. The first-order valence-corrected chi connectivity index (χ1v) is 10.9. The lowest BCUT2D eigenvalue weighted by Crippen LogP contribution is -2.46. The number of halogens is 1. The molecule has 2 amide bonds. The normalized spacial score (nSPS) is 15.1. The number of hydrogen-bond donors (Lipinski definition) is 2. The standard InChI is InChI=1S/C20H21ClN6O2S/c21-14-3-4-17(27-13-22-12-23-27)16(10-14)25-19(28)11-26-7-5-15(6-8-26)24-20(29)18-2-1-9-30-18/h1-4,9-10,12-13,15H,5-8,11H2,(H,24,29)(H,25,28). The zero-order valence-corrected chi connectivity index (χ0v) is 17.7. The molecule has 0 radical (unpaired) electrons. The van der Waals surface area contributed by atoms with Crippen LogP contribution in [0.3, 0.4) is 0 Å². The van der Waals surface area contributed by atoms with Crippen molar-refractivity contribution < 1.29 is 9.59 Å². The molecule has 1 fully saturated rings. The predicted octanol–water partition coefficient (Wildman–Crippen LogP) is 2.82. The first-order valence-electron chi connectivity index (χ1n) is 9.59. The van der Waals surface area contributed by atoms with Crippen molar-refractivity contribution in [1.29, 1.82) is 0 Å². The zero-order valence-electron chi connectivity index (χ0n) is 16.1. The van der Waals surface area contributed by atoms with Crippen LogP contribution in [0, 0.1) is 0 Å². The van der Waals surface area contributed by atoms with Crippen LogP contribution >= 0.6 is 22.9 Å². The molecule has 0 aliphatic carbocycles. The summed E-state index contributed by atoms with van der Waals surface area (Å²) in [5, 5.41) is 12.5. The number of aromatic nitrogens is 3. The summed E-state index contributed by atoms with van der Waals surface area (Å²) in [5.41, 5.74) is 1.27. The van der Waals surface area contributed by atoms with E-state index in [1.807, 2.05) is 17.5 Å². The van der Waals surface area contributed by atoms with Crippen LogP contribution < -0.4 is 10.6 Å². The Hall–Kier alpha value is -2.75. The minimum Gasteiger partial charge on any atom is -0.349 e. The summed E-state index contributed by atoms with van der Waals surface area (Å²) in [6.07, 6.45) is 4.62. The van der Waals surface area contributed by atoms with Crippen molar-refractivity contribution in [2.75, 3.05) is 25.0 Å². The second kappa shape index (κ2) is 9.38. The Morgan fingerprint density at radius 1 is 1.23 bits per heavy atom. The Balaban J connectivity index is 1.30. The van der Waals surface area contributed by atoms with Crippen LogP contribution in [0.2, 0.25) is 5.02 Å². The molecule has 30 heavy (non-hydrogen) atoms. The maximum atomic E-state index is 12.6. The van der Waals surface area contributed by atoms with Crippen LogP contribution in [-0.2, 0) is 4.79 Å². The molecule has 8 nitrogen and oxygen atoms in total. The third-order valence-electron chi connectivity index (χ3n) is 4.93. The van der Waals surface area contributed by atoms with Crippen molar-refractivity contribution in [3.8, 4) is 5.69 Å². The van der Waals surface area contributed by atoms with Gasteiger partial charge in [-0.25, -0.2) is 9.67 Å². The van der Waals surface area contributed by atoms with Crippen LogP contribution in [-0.4, -0.2) is 57.2 Å². The lowest BCUT2D eigenvalue weighted by atomic mass is 10.0. The molecule has 0 saturated carbocycles. The summed E-state index contributed by atoms with van der Waals surface area (Å²) in [6.45, 7) is 1.76. The fourth-order valence-corrected chi connectivity index (χ4v) is 4.23. The Morgan fingerprint density at radius 3 is 2.77 bits per heavy atom. The van der Waals surface area contributed by atoms with E-state index in [4.69, 9.17) is 11.6 Å². The molecule has 1 aliphatic rings. The van der Waals surface area contributed by atoms with Gasteiger partial charge in [0.25, 0.3) is 5.91 Å². The van der Waals surface area contributed by atoms with E-state index in [1.54, 1.807) is 29.2 Å². The smallest absolute Gasteiger partial charge is 0.261 e. The number of amides is 2. The number of nitrogens with zero attached hydrogens (tertiary/aromatic N) is 4.